The van der Waals surface area contributed by atoms with Gasteiger partial charge in [0.2, 0.25) is 5.91 Å². The number of fused-ring (bicyclic) bond motifs is 1. The van der Waals surface area contributed by atoms with Crippen LogP contribution in [0.3, 0.4) is 0 Å². The number of hydrogen-bond acceptors (Lipinski definition) is 4. The van der Waals surface area contributed by atoms with Crippen LogP contribution in [0.2, 0.25) is 0 Å². The van der Waals surface area contributed by atoms with Crippen LogP contribution in [0.1, 0.15) is 18.4 Å². The van der Waals surface area contributed by atoms with E-state index in [0.29, 0.717) is 13.0 Å². The fraction of sp³-hybridized carbons (Fsp3) is 0.375. The molecule has 2 aromatic rings. The van der Waals surface area contributed by atoms with Crippen molar-refractivity contribution in [2.75, 3.05) is 13.7 Å². The summed E-state index contributed by atoms with van der Waals surface area (Å²) in [6.45, 7) is 0.434. The second-order valence-electron chi connectivity index (χ2n) is 5.31. The number of aromatic nitrogens is 1. The number of amides is 1. The van der Waals surface area contributed by atoms with E-state index in [0.717, 1.165) is 22.2 Å². The number of benzene rings is 1. The molecule has 1 aromatic carbocycles. The molecule has 1 aromatic heterocycles. The highest BCUT2D eigenvalue weighted by atomic mass is 16.5. The zero-order valence-corrected chi connectivity index (χ0v) is 13.0. The molecular formula is C16H21N3O4. The maximum atomic E-state index is 11.8. The number of carboxylic acids is 1. The van der Waals surface area contributed by atoms with Crippen LogP contribution in [0.5, 0.6) is 5.75 Å². The number of carboxylic acid groups (broad SMARTS) is 1. The van der Waals surface area contributed by atoms with Crippen LogP contribution in [0, 0.1) is 0 Å². The number of H-pyrrole nitrogens is 1. The lowest BCUT2D eigenvalue weighted by molar-refractivity contribution is -0.137. The molecule has 0 radical (unpaired) electrons. The van der Waals surface area contributed by atoms with Crippen molar-refractivity contribution in [1.29, 1.82) is 0 Å². The molecule has 1 amide bonds. The number of carbonyl (C=O) groups is 2. The molecule has 7 heteroatoms. The molecular weight excluding hydrogens is 298 g/mol. The first kappa shape index (κ1) is 16.8. The predicted octanol–water partition coefficient (Wildman–Crippen LogP) is 1.03. The lowest BCUT2D eigenvalue weighted by atomic mass is 10.1. The Kier molecular flexibility index (Phi) is 5.59. The Morgan fingerprint density at radius 3 is 2.91 bits per heavy atom. The van der Waals surface area contributed by atoms with Gasteiger partial charge in [-0.15, -0.1) is 0 Å². The summed E-state index contributed by atoms with van der Waals surface area (Å²) in [6, 6.07) is 4.97. The minimum atomic E-state index is -0.957. The lowest BCUT2D eigenvalue weighted by Gasteiger charge is -2.11. The van der Waals surface area contributed by atoms with E-state index in [1.165, 1.54) is 0 Å². The third-order valence-electron chi connectivity index (χ3n) is 3.67. The van der Waals surface area contributed by atoms with Gasteiger partial charge in [-0.1, -0.05) is 0 Å². The Morgan fingerprint density at radius 2 is 2.22 bits per heavy atom. The van der Waals surface area contributed by atoms with Crippen LogP contribution in [-0.4, -0.2) is 41.7 Å². The molecule has 0 fully saturated rings. The number of methoxy groups -OCH3 is 1. The number of hydrogen-bond donors (Lipinski definition) is 4. The molecule has 1 heterocycles. The summed E-state index contributed by atoms with van der Waals surface area (Å²) >= 11 is 0. The predicted molar refractivity (Wildman–Crippen MR) is 86.4 cm³/mol. The summed E-state index contributed by atoms with van der Waals surface area (Å²) < 4.78 is 5.22. The van der Waals surface area contributed by atoms with E-state index in [9.17, 15) is 9.59 Å². The van der Waals surface area contributed by atoms with Crippen molar-refractivity contribution in [2.45, 2.75) is 25.3 Å². The average molecular weight is 319 g/mol. The highest BCUT2D eigenvalue weighted by Crippen LogP contribution is 2.23. The van der Waals surface area contributed by atoms with Crippen molar-refractivity contribution in [3.8, 4) is 5.75 Å². The molecule has 1 atom stereocenters. The van der Waals surface area contributed by atoms with E-state index in [2.05, 4.69) is 10.3 Å². The van der Waals surface area contributed by atoms with Gasteiger partial charge in [0, 0.05) is 30.1 Å². The van der Waals surface area contributed by atoms with Crippen molar-refractivity contribution in [2.24, 2.45) is 5.73 Å². The van der Waals surface area contributed by atoms with Crippen LogP contribution in [0.25, 0.3) is 10.9 Å². The smallest absolute Gasteiger partial charge is 0.303 e. The van der Waals surface area contributed by atoms with Crippen LogP contribution in [-0.2, 0) is 16.0 Å². The second-order valence-corrected chi connectivity index (χ2v) is 5.31. The molecule has 0 aliphatic heterocycles. The van der Waals surface area contributed by atoms with E-state index in [4.69, 9.17) is 15.6 Å². The molecule has 0 spiro atoms. The quantitative estimate of drug-likeness (QED) is 0.579. The van der Waals surface area contributed by atoms with Crippen LogP contribution >= 0.6 is 0 Å². The Balaban J connectivity index is 1.88. The number of carbonyl (C=O) groups excluding carboxylic acids is 1. The van der Waals surface area contributed by atoms with Gasteiger partial charge in [-0.3, -0.25) is 9.59 Å². The van der Waals surface area contributed by atoms with E-state index in [-0.39, 0.29) is 18.7 Å². The van der Waals surface area contributed by atoms with Gasteiger partial charge in [0.1, 0.15) is 5.75 Å². The van der Waals surface area contributed by atoms with Crippen molar-refractivity contribution in [1.82, 2.24) is 10.3 Å². The Bertz CT molecular complexity index is 696. The summed E-state index contributed by atoms with van der Waals surface area (Å²) in [5.74, 6) is -0.511. The number of ether oxygens (including phenoxy) is 1. The highest BCUT2D eigenvalue weighted by Gasteiger charge is 2.14. The molecule has 2 rings (SSSR count). The van der Waals surface area contributed by atoms with Crippen molar-refractivity contribution in [3.05, 3.63) is 30.0 Å². The van der Waals surface area contributed by atoms with Crippen LogP contribution < -0.4 is 15.8 Å². The summed E-state index contributed by atoms with van der Waals surface area (Å²) in [6.07, 6.45) is 2.56. The zero-order valence-electron chi connectivity index (χ0n) is 13.0. The third-order valence-corrected chi connectivity index (χ3v) is 3.67. The fourth-order valence-electron chi connectivity index (χ4n) is 2.35. The molecule has 124 valence electrons. The van der Waals surface area contributed by atoms with Gasteiger partial charge in [-0.2, -0.15) is 0 Å². The molecule has 0 aliphatic carbocycles. The lowest BCUT2D eigenvalue weighted by Crippen LogP contribution is -2.41. The van der Waals surface area contributed by atoms with E-state index in [1.807, 2.05) is 24.4 Å². The fourth-order valence-corrected chi connectivity index (χ4v) is 2.35. The van der Waals surface area contributed by atoms with E-state index < -0.39 is 12.0 Å². The maximum absolute atomic E-state index is 11.8. The van der Waals surface area contributed by atoms with Gasteiger partial charge >= 0.3 is 5.97 Å². The highest BCUT2D eigenvalue weighted by molar-refractivity contribution is 5.85. The van der Waals surface area contributed by atoms with E-state index >= 15 is 0 Å². The topological polar surface area (TPSA) is 117 Å². The Morgan fingerprint density at radius 1 is 1.43 bits per heavy atom. The van der Waals surface area contributed by atoms with Crippen molar-refractivity contribution in [3.63, 3.8) is 0 Å². The van der Waals surface area contributed by atoms with Crippen molar-refractivity contribution >= 4 is 22.8 Å². The molecule has 0 saturated carbocycles. The van der Waals surface area contributed by atoms with Crippen molar-refractivity contribution < 1.29 is 19.4 Å². The maximum Gasteiger partial charge on any atom is 0.303 e. The van der Waals surface area contributed by atoms with Gasteiger partial charge in [-0.05, 0) is 36.6 Å². The largest absolute Gasteiger partial charge is 0.497 e. The SMILES string of the molecule is COc1ccc2[nH]cc(CCNC(=O)C(N)CCC(=O)O)c2c1. The molecule has 0 aliphatic rings. The monoisotopic (exact) mass is 319 g/mol. The minimum Gasteiger partial charge on any atom is -0.497 e. The van der Waals surface area contributed by atoms with Gasteiger partial charge in [0.05, 0.1) is 13.2 Å². The number of aromatic amines is 1. The Hall–Kier alpha value is -2.54. The Labute approximate surface area is 133 Å². The summed E-state index contributed by atoms with van der Waals surface area (Å²) in [5, 5.41) is 12.4. The first-order valence-electron chi connectivity index (χ1n) is 7.40. The average Bonchev–Trinajstić information content (AvgIpc) is 2.94. The molecule has 1 unspecified atom stereocenters. The number of aliphatic carboxylic acids is 1. The van der Waals surface area contributed by atoms with Gasteiger partial charge in [0.15, 0.2) is 0 Å². The molecule has 0 bridgehead atoms. The summed E-state index contributed by atoms with van der Waals surface area (Å²) in [7, 11) is 1.62. The third kappa shape index (κ3) is 4.46. The first-order valence-corrected chi connectivity index (χ1v) is 7.40. The number of rotatable bonds is 8. The second kappa shape index (κ2) is 7.64. The van der Waals surface area contributed by atoms with Crippen LogP contribution in [0.4, 0.5) is 0 Å². The molecule has 5 N–H and O–H groups in total. The summed E-state index contributed by atoms with van der Waals surface area (Å²) in [5.41, 5.74) is 7.73. The standard InChI is InChI=1S/C16H21N3O4/c1-23-11-2-4-14-12(8-11)10(9-19-14)6-7-18-16(22)13(17)3-5-15(20)21/h2,4,8-9,13,19H,3,5-7,17H2,1H3,(H,18,22)(H,20,21). The molecule has 0 saturated heterocycles. The zero-order chi connectivity index (χ0) is 16.8. The first-order chi connectivity index (χ1) is 11.0. The van der Waals surface area contributed by atoms with Crippen LogP contribution in [0.15, 0.2) is 24.4 Å². The number of nitrogens with one attached hydrogen (secondary N) is 2. The van der Waals surface area contributed by atoms with Gasteiger partial charge < -0.3 is 25.9 Å². The van der Waals surface area contributed by atoms with Gasteiger partial charge in [0.25, 0.3) is 0 Å². The normalized spacial score (nSPS) is 12.1. The van der Waals surface area contributed by atoms with E-state index in [1.54, 1.807) is 7.11 Å². The summed E-state index contributed by atoms with van der Waals surface area (Å²) in [4.78, 5) is 25.4. The molecule has 23 heavy (non-hydrogen) atoms. The molecule has 7 nitrogen and oxygen atoms in total. The number of nitrogens with two attached hydrogens (primary N) is 1. The van der Waals surface area contributed by atoms with Gasteiger partial charge in [-0.25, -0.2) is 0 Å². The minimum absolute atomic E-state index is 0.114.